The standard InChI is InChI=1S/C17H25N3O/c1-19-10-8-18-15(19)13-5-9-20(12-13)16(21)14-11-17(14)6-3-2-4-7-17/h8,10,13-14H,2-7,9,11-12H2,1H3. The highest BCUT2D eigenvalue weighted by Crippen LogP contribution is 2.62. The van der Waals surface area contributed by atoms with E-state index in [1.807, 2.05) is 19.4 Å². The molecule has 2 aliphatic carbocycles. The Labute approximate surface area is 126 Å². The van der Waals surface area contributed by atoms with Gasteiger partial charge in [0.25, 0.3) is 0 Å². The van der Waals surface area contributed by atoms with Crippen LogP contribution >= 0.6 is 0 Å². The van der Waals surface area contributed by atoms with Gasteiger partial charge >= 0.3 is 0 Å². The maximum Gasteiger partial charge on any atom is 0.226 e. The minimum absolute atomic E-state index is 0.345. The third kappa shape index (κ3) is 2.19. The Morgan fingerprint density at radius 3 is 2.86 bits per heavy atom. The SMILES string of the molecule is Cn1ccnc1C1CCN(C(=O)C2CC23CCCCC3)C1. The predicted molar refractivity (Wildman–Crippen MR) is 80.8 cm³/mol. The van der Waals surface area contributed by atoms with Gasteiger partial charge in [-0.3, -0.25) is 4.79 Å². The first-order valence-electron chi connectivity index (χ1n) is 8.46. The Morgan fingerprint density at radius 1 is 1.33 bits per heavy atom. The molecule has 0 N–H and O–H groups in total. The number of amides is 1. The van der Waals surface area contributed by atoms with Crippen LogP contribution in [0.1, 0.15) is 56.7 Å². The zero-order valence-electron chi connectivity index (χ0n) is 12.9. The average Bonchev–Trinajstić information content (AvgIpc) is 2.87. The summed E-state index contributed by atoms with van der Waals surface area (Å²) in [5.41, 5.74) is 0.413. The first kappa shape index (κ1) is 13.4. The first-order chi connectivity index (χ1) is 10.2. The molecule has 1 aliphatic heterocycles. The number of hydrogen-bond donors (Lipinski definition) is 0. The number of carbonyl (C=O) groups excluding carboxylic acids is 1. The van der Waals surface area contributed by atoms with E-state index < -0.39 is 0 Å². The molecular formula is C17H25N3O. The number of hydrogen-bond acceptors (Lipinski definition) is 2. The van der Waals surface area contributed by atoms with E-state index in [-0.39, 0.29) is 0 Å². The van der Waals surface area contributed by atoms with Gasteiger partial charge in [-0.15, -0.1) is 0 Å². The highest BCUT2D eigenvalue weighted by molar-refractivity contribution is 5.83. The molecule has 4 heteroatoms. The first-order valence-corrected chi connectivity index (χ1v) is 8.46. The van der Waals surface area contributed by atoms with Crippen LogP contribution in [0, 0.1) is 11.3 Å². The van der Waals surface area contributed by atoms with Crippen molar-refractivity contribution < 1.29 is 4.79 Å². The molecule has 2 unspecified atom stereocenters. The molecule has 4 rings (SSSR count). The fourth-order valence-electron chi connectivity index (χ4n) is 4.67. The topological polar surface area (TPSA) is 38.1 Å². The lowest BCUT2D eigenvalue weighted by atomic mass is 9.84. The van der Waals surface area contributed by atoms with E-state index in [4.69, 9.17) is 0 Å². The summed E-state index contributed by atoms with van der Waals surface area (Å²) >= 11 is 0. The minimum Gasteiger partial charge on any atom is -0.342 e. The van der Waals surface area contributed by atoms with Crippen molar-refractivity contribution in [2.45, 2.75) is 50.9 Å². The molecule has 1 saturated heterocycles. The summed E-state index contributed by atoms with van der Waals surface area (Å²) in [5, 5.41) is 0. The molecular weight excluding hydrogens is 262 g/mol. The van der Waals surface area contributed by atoms with Crippen LogP contribution in [0.25, 0.3) is 0 Å². The van der Waals surface area contributed by atoms with Crippen molar-refractivity contribution in [1.82, 2.24) is 14.5 Å². The lowest BCUT2D eigenvalue weighted by Gasteiger charge is -2.24. The van der Waals surface area contributed by atoms with Gasteiger partial charge in [-0.05, 0) is 31.1 Å². The van der Waals surface area contributed by atoms with Gasteiger partial charge in [0.1, 0.15) is 5.82 Å². The van der Waals surface area contributed by atoms with Crippen LogP contribution < -0.4 is 0 Å². The molecule has 1 spiro atoms. The van der Waals surface area contributed by atoms with E-state index in [9.17, 15) is 4.79 Å². The van der Waals surface area contributed by atoms with Crippen molar-refractivity contribution in [3.05, 3.63) is 18.2 Å². The van der Waals surface area contributed by atoms with Crippen LogP contribution in [0.2, 0.25) is 0 Å². The summed E-state index contributed by atoms with van der Waals surface area (Å²) in [6.07, 6.45) is 12.7. The third-order valence-electron chi connectivity index (χ3n) is 6.06. The molecule has 114 valence electrons. The Kier molecular flexibility index (Phi) is 3.09. The second-order valence-electron chi connectivity index (χ2n) is 7.35. The fourth-order valence-corrected chi connectivity index (χ4v) is 4.67. The second kappa shape index (κ2) is 4.85. The summed E-state index contributed by atoms with van der Waals surface area (Å²) in [7, 11) is 2.05. The highest BCUT2D eigenvalue weighted by atomic mass is 16.2. The fraction of sp³-hybridized carbons (Fsp3) is 0.765. The van der Waals surface area contributed by atoms with Crippen molar-refractivity contribution in [1.29, 1.82) is 0 Å². The molecule has 3 fully saturated rings. The Balaban J connectivity index is 1.40. The van der Waals surface area contributed by atoms with E-state index in [2.05, 4.69) is 14.5 Å². The van der Waals surface area contributed by atoms with Gasteiger partial charge in [-0.1, -0.05) is 19.3 Å². The van der Waals surface area contributed by atoms with Crippen LogP contribution in [0.5, 0.6) is 0 Å². The highest BCUT2D eigenvalue weighted by Gasteiger charge is 2.58. The summed E-state index contributed by atoms with van der Waals surface area (Å²) in [5.74, 6) is 2.34. The van der Waals surface area contributed by atoms with Gasteiger partial charge in [0.2, 0.25) is 5.91 Å². The van der Waals surface area contributed by atoms with Crippen molar-refractivity contribution in [3.63, 3.8) is 0 Å². The molecule has 2 saturated carbocycles. The van der Waals surface area contributed by atoms with Crippen LogP contribution in [0.15, 0.2) is 12.4 Å². The quantitative estimate of drug-likeness (QED) is 0.839. The molecule has 0 aromatic carbocycles. The van der Waals surface area contributed by atoms with Crippen molar-refractivity contribution in [2.24, 2.45) is 18.4 Å². The molecule has 2 atom stereocenters. The van der Waals surface area contributed by atoms with Crippen LogP contribution in [0.4, 0.5) is 0 Å². The number of carbonyl (C=O) groups is 1. The molecule has 3 aliphatic rings. The zero-order chi connectivity index (χ0) is 14.4. The summed E-state index contributed by atoms with van der Waals surface area (Å²) < 4.78 is 2.10. The molecule has 2 heterocycles. The van der Waals surface area contributed by atoms with Gasteiger partial charge in [-0.2, -0.15) is 0 Å². The summed E-state index contributed by atoms with van der Waals surface area (Å²) in [6, 6.07) is 0. The molecule has 21 heavy (non-hydrogen) atoms. The molecule has 0 bridgehead atoms. The normalized spacial score (nSPS) is 30.8. The van der Waals surface area contributed by atoms with E-state index >= 15 is 0 Å². The van der Waals surface area contributed by atoms with Gasteiger partial charge < -0.3 is 9.47 Å². The lowest BCUT2D eigenvalue weighted by molar-refractivity contribution is -0.132. The number of likely N-dealkylation sites (tertiary alicyclic amines) is 1. The number of rotatable bonds is 2. The number of aromatic nitrogens is 2. The smallest absolute Gasteiger partial charge is 0.226 e. The summed E-state index contributed by atoms with van der Waals surface area (Å²) in [4.78, 5) is 19.4. The average molecular weight is 287 g/mol. The maximum atomic E-state index is 12.8. The van der Waals surface area contributed by atoms with Gasteiger partial charge in [-0.25, -0.2) is 4.98 Å². The van der Waals surface area contributed by atoms with Crippen LogP contribution in [-0.4, -0.2) is 33.4 Å². The van der Waals surface area contributed by atoms with E-state index in [1.54, 1.807) is 0 Å². The van der Waals surface area contributed by atoms with Crippen LogP contribution in [0.3, 0.4) is 0 Å². The summed E-state index contributed by atoms with van der Waals surface area (Å²) in [6.45, 7) is 1.79. The molecule has 1 aromatic heterocycles. The van der Waals surface area contributed by atoms with Gasteiger partial charge in [0, 0.05) is 44.4 Å². The third-order valence-corrected chi connectivity index (χ3v) is 6.06. The molecule has 0 radical (unpaired) electrons. The lowest BCUT2D eigenvalue weighted by Crippen LogP contribution is -2.32. The maximum absolute atomic E-state index is 12.8. The van der Waals surface area contributed by atoms with Crippen LogP contribution in [-0.2, 0) is 11.8 Å². The molecule has 1 aromatic rings. The second-order valence-corrected chi connectivity index (χ2v) is 7.35. The van der Waals surface area contributed by atoms with Crippen molar-refractivity contribution in [3.8, 4) is 0 Å². The zero-order valence-corrected chi connectivity index (χ0v) is 12.9. The van der Waals surface area contributed by atoms with Crippen molar-refractivity contribution in [2.75, 3.05) is 13.1 Å². The van der Waals surface area contributed by atoms with E-state index in [0.717, 1.165) is 31.8 Å². The number of imidazole rings is 1. The Morgan fingerprint density at radius 2 is 2.14 bits per heavy atom. The minimum atomic E-state index is 0.345. The molecule has 4 nitrogen and oxygen atoms in total. The Bertz CT molecular complexity index is 544. The monoisotopic (exact) mass is 287 g/mol. The van der Waals surface area contributed by atoms with Gasteiger partial charge in [0.05, 0.1) is 0 Å². The molecule has 1 amide bonds. The number of nitrogens with zero attached hydrogens (tertiary/aromatic N) is 3. The Hall–Kier alpha value is -1.32. The largest absolute Gasteiger partial charge is 0.342 e. The van der Waals surface area contributed by atoms with E-state index in [0.29, 0.717) is 23.2 Å². The predicted octanol–water partition coefficient (Wildman–Crippen LogP) is 2.71. The van der Waals surface area contributed by atoms with Crippen molar-refractivity contribution >= 4 is 5.91 Å². The number of aryl methyl sites for hydroxylation is 1. The van der Waals surface area contributed by atoms with E-state index in [1.165, 1.54) is 32.1 Å². The van der Waals surface area contributed by atoms with Gasteiger partial charge in [0.15, 0.2) is 0 Å².